The Kier molecular flexibility index (Phi) is 5.13. The zero-order chi connectivity index (χ0) is 18.0. The molecule has 6 nitrogen and oxygen atoms in total. The van der Waals surface area contributed by atoms with Gasteiger partial charge in [0, 0.05) is 19.0 Å². The van der Waals surface area contributed by atoms with Gasteiger partial charge in [-0.1, -0.05) is 43.2 Å². The van der Waals surface area contributed by atoms with Crippen molar-refractivity contribution in [3.8, 4) is 0 Å². The molecule has 136 valence electrons. The maximum Gasteiger partial charge on any atom is 0.308 e. The molecule has 1 aliphatic heterocycles. The zero-order valence-corrected chi connectivity index (χ0v) is 14.8. The van der Waals surface area contributed by atoms with E-state index < -0.39 is 38.6 Å². The number of sulfone groups is 1. The van der Waals surface area contributed by atoms with E-state index in [0.717, 1.165) is 18.4 Å². The van der Waals surface area contributed by atoms with Gasteiger partial charge in [0.2, 0.25) is 5.91 Å². The summed E-state index contributed by atoms with van der Waals surface area (Å²) in [5.41, 5.74) is 0.865. The van der Waals surface area contributed by atoms with Crippen molar-refractivity contribution < 1.29 is 23.1 Å². The molecule has 1 saturated heterocycles. The highest BCUT2D eigenvalue weighted by Crippen LogP contribution is 2.33. The topological polar surface area (TPSA) is 91.8 Å². The number of nitrogens with zero attached hydrogens (tertiary/aromatic N) is 1. The summed E-state index contributed by atoms with van der Waals surface area (Å²) in [5, 5.41) is 9.08. The fourth-order valence-electron chi connectivity index (χ4n) is 3.92. The van der Waals surface area contributed by atoms with Crippen LogP contribution in [0.25, 0.3) is 0 Å². The van der Waals surface area contributed by atoms with Crippen LogP contribution in [-0.4, -0.2) is 54.4 Å². The molecule has 0 aromatic heterocycles. The van der Waals surface area contributed by atoms with Crippen LogP contribution in [0.5, 0.6) is 0 Å². The fraction of sp³-hybridized carbons (Fsp3) is 0.556. The highest BCUT2D eigenvalue weighted by atomic mass is 32.2. The Bertz CT molecular complexity index is 740. The van der Waals surface area contributed by atoms with Gasteiger partial charge in [-0.05, 0) is 18.4 Å². The van der Waals surface area contributed by atoms with Crippen molar-refractivity contribution in [2.24, 2.45) is 5.92 Å². The molecule has 1 saturated carbocycles. The molecular formula is C18H23NO5S. The van der Waals surface area contributed by atoms with Crippen molar-refractivity contribution in [1.82, 2.24) is 4.90 Å². The number of carboxylic acids is 1. The molecule has 3 rings (SSSR count). The lowest BCUT2D eigenvalue weighted by Gasteiger charge is -2.18. The summed E-state index contributed by atoms with van der Waals surface area (Å²) in [6, 6.07) is 9.23. The number of hydrogen-bond acceptors (Lipinski definition) is 4. The normalized spacial score (nSPS) is 24.6. The third-order valence-electron chi connectivity index (χ3n) is 5.35. The maximum absolute atomic E-state index is 12.5. The fourth-order valence-corrected chi connectivity index (χ4v) is 5.74. The summed E-state index contributed by atoms with van der Waals surface area (Å²) in [6.07, 6.45) is 3.03. The zero-order valence-electron chi connectivity index (χ0n) is 14.0. The summed E-state index contributed by atoms with van der Waals surface area (Å²) in [4.78, 5) is 25.5. The maximum atomic E-state index is 12.5. The monoisotopic (exact) mass is 365 g/mol. The highest BCUT2D eigenvalue weighted by molar-refractivity contribution is 7.92. The van der Waals surface area contributed by atoms with Gasteiger partial charge in [-0.3, -0.25) is 9.59 Å². The lowest BCUT2D eigenvalue weighted by atomic mass is 9.89. The Balaban J connectivity index is 1.72. The molecule has 0 bridgehead atoms. The molecule has 1 aromatic carbocycles. The highest BCUT2D eigenvalue weighted by Gasteiger charge is 2.42. The van der Waals surface area contributed by atoms with Crippen LogP contribution in [0.3, 0.4) is 0 Å². The van der Waals surface area contributed by atoms with Crippen molar-refractivity contribution in [3.63, 3.8) is 0 Å². The molecule has 2 aliphatic rings. The van der Waals surface area contributed by atoms with E-state index >= 15 is 0 Å². The predicted octanol–water partition coefficient (Wildman–Crippen LogP) is 1.67. The largest absolute Gasteiger partial charge is 0.481 e. The number of likely N-dealkylation sites (tertiary alicyclic amines) is 1. The molecule has 1 heterocycles. The first-order valence-corrected chi connectivity index (χ1v) is 10.4. The van der Waals surface area contributed by atoms with Gasteiger partial charge in [0.25, 0.3) is 0 Å². The second kappa shape index (κ2) is 7.15. The molecule has 0 spiro atoms. The summed E-state index contributed by atoms with van der Waals surface area (Å²) in [5.74, 6) is -2.96. The molecule has 1 N–H and O–H groups in total. The van der Waals surface area contributed by atoms with Crippen molar-refractivity contribution in [1.29, 1.82) is 0 Å². The Morgan fingerprint density at radius 2 is 1.72 bits per heavy atom. The van der Waals surface area contributed by atoms with Crippen LogP contribution in [0.4, 0.5) is 0 Å². The van der Waals surface area contributed by atoms with E-state index in [2.05, 4.69) is 0 Å². The lowest BCUT2D eigenvalue weighted by molar-refractivity contribution is -0.141. The van der Waals surface area contributed by atoms with Gasteiger partial charge in [-0.2, -0.15) is 0 Å². The number of hydrogen-bond donors (Lipinski definition) is 1. The van der Waals surface area contributed by atoms with Crippen LogP contribution in [0.2, 0.25) is 0 Å². The molecule has 2 atom stereocenters. The van der Waals surface area contributed by atoms with Gasteiger partial charge >= 0.3 is 5.97 Å². The number of amides is 1. The summed E-state index contributed by atoms with van der Waals surface area (Å²) >= 11 is 0. The third kappa shape index (κ3) is 3.86. The van der Waals surface area contributed by atoms with Crippen LogP contribution >= 0.6 is 0 Å². The molecule has 7 heteroatoms. The van der Waals surface area contributed by atoms with E-state index in [0.29, 0.717) is 12.8 Å². The van der Waals surface area contributed by atoms with Crippen molar-refractivity contribution >= 4 is 21.7 Å². The molecule has 0 radical (unpaired) electrons. The molecule has 2 fully saturated rings. The van der Waals surface area contributed by atoms with E-state index in [9.17, 15) is 23.1 Å². The Hall–Kier alpha value is -1.89. The molecular weight excluding hydrogens is 342 g/mol. The molecule has 25 heavy (non-hydrogen) atoms. The van der Waals surface area contributed by atoms with E-state index in [1.165, 1.54) is 4.90 Å². The minimum absolute atomic E-state index is 0.0634. The Labute approximate surface area is 147 Å². The van der Waals surface area contributed by atoms with E-state index in [4.69, 9.17) is 0 Å². The Morgan fingerprint density at radius 3 is 2.32 bits per heavy atom. The number of benzene rings is 1. The first-order chi connectivity index (χ1) is 11.9. The number of carbonyl (C=O) groups is 2. The minimum Gasteiger partial charge on any atom is -0.481 e. The smallest absolute Gasteiger partial charge is 0.308 e. The van der Waals surface area contributed by atoms with Crippen LogP contribution in [0, 0.1) is 5.92 Å². The SMILES string of the molecule is O=C(O)C1CN(C(=O)CS(=O)(=O)C2CCCC2)CC1c1ccccc1. The van der Waals surface area contributed by atoms with E-state index in [1.54, 1.807) is 0 Å². The predicted molar refractivity (Wildman–Crippen MR) is 92.9 cm³/mol. The second-order valence-corrected chi connectivity index (χ2v) is 9.26. The van der Waals surface area contributed by atoms with Crippen molar-refractivity contribution in [2.75, 3.05) is 18.8 Å². The van der Waals surface area contributed by atoms with Crippen molar-refractivity contribution in [2.45, 2.75) is 36.9 Å². The molecule has 1 amide bonds. The van der Waals surface area contributed by atoms with Gasteiger partial charge in [-0.15, -0.1) is 0 Å². The van der Waals surface area contributed by atoms with Gasteiger partial charge in [0.1, 0.15) is 5.75 Å². The van der Waals surface area contributed by atoms with E-state index in [-0.39, 0.29) is 19.0 Å². The van der Waals surface area contributed by atoms with Crippen LogP contribution < -0.4 is 0 Å². The average Bonchev–Trinajstić information content (AvgIpc) is 3.25. The van der Waals surface area contributed by atoms with Crippen LogP contribution in [-0.2, 0) is 19.4 Å². The number of carbonyl (C=O) groups excluding carboxylic acids is 1. The number of rotatable bonds is 5. The number of aliphatic carboxylic acids is 1. The second-order valence-electron chi connectivity index (χ2n) is 6.97. The molecule has 1 aliphatic carbocycles. The first kappa shape index (κ1) is 17.9. The Morgan fingerprint density at radius 1 is 1.08 bits per heavy atom. The molecule has 1 aromatic rings. The standard InChI is InChI=1S/C18H23NO5S/c20-17(12-25(23,24)14-8-4-5-9-14)19-10-15(16(11-19)18(21)22)13-6-2-1-3-7-13/h1-3,6-7,14-16H,4-5,8-12H2,(H,21,22). The average molecular weight is 365 g/mol. The van der Waals surface area contributed by atoms with Crippen LogP contribution in [0.15, 0.2) is 30.3 Å². The van der Waals surface area contributed by atoms with Gasteiger partial charge in [0.15, 0.2) is 9.84 Å². The quantitative estimate of drug-likeness (QED) is 0.857. The summed E-state index contributed by atoms with van der Waals surface area (Å²) < 4.78 is 24.8. The van der Waals surface area contributed by atoms with Gasteiger partial charge in [-0.25, -0.2) is 8.42 Å². The van der Waals surface area contributed by atoms with E-state index in [1.807, 2.05) is 30.3 Å². The number of carboxylic acid groups (broad SMARTS) is 1. The van der Waals surface area contributed by atoms with Crippen molar-refractivity contribution in [3.05, 3.63) is 35.9 Å². The minimum atomic E-state index is -3.46. The van der Waals surface area contributed by atoms with Gasteiger partial charge in [0.05, 0.1) is 11.2 Å². The summed E-state index contributed by atoms with van der Waals surface area (Å²) in [6.45, 7) is 0.313. The first-order valence-electron chi connectivity index (χ1n) is 8.65. The van der Waals surface area contributed by atoms with Crippen LogP contribution in [0.1, 0.15) is 37.2 Å². The summed E-state index contributed by atoms with van der Waals surface area (Å²) in [7, 11) is -3.46. The third-order valence-corrected chi connectivity index (χ3v) is 7.49. The lowest BCUT2D eigenvalue weighted by Crippen LogP contribution is -2.37. The van der Waals surface area contributed by atoms with Gasteiger partial charge < -0.3 is 10.0 Å². The molecule has 2 unspecified atom stereocenters.